The first-order chi connectivity index (χ1) is 9.45. The van der Waals surface area contributed by atoms with Crippen molar-refractivity contribution in [2.45, 2.75) is 27.7 Å². The number of aromatic nitrogens is 1. The van der Waals surface area contributed by atoms with Crippen molar-refractivity contribution in [3.05, 3.63) is 51.0 Å². The summed E-state index contributed by atoms with van der Waals surface area (Å²) in [5, 5.41) is 5.86. The molecule has 0 atom stereocenters. The predicted octanol–water partition coefficient (Wildman–Crippen LogP) is 4.03. The van der Waals surface area contributed by atoms with E-state index in [1.807, 2.05) is 26.2 Å². The van der Waals surface area contributed by atoms with Gasteiger partial charge in [-0.3, -0.25) is 4.79 Å². The highest BCUT2D eigenvalue weighted by atomic mass is 32.1. The van der Waals surface area contributed by atoms with Crippen LogP contribution in [-0.4, -0.2) is 10.9 Å². The Morgan fingerprint density at radius 3 is 2.40 bits per heavy atom. The first-order valence-corrected chi connectivity index (χ1v) is 7.32. The van der Waals surface area contributed by atoms with Gasteiger partial charge in [0, 0.05) is 17.1 Å². The number of amides is 1. The van der Waals surface area contributed by atoms with E-state index in [0.29, 0.717) is 0 Å². The molecule has 4 heteroatoms. The number of rotatable bonds is 3. The molecule has 0 aliphatic heterocycles. The molecule has 0 unspecified atom stereocenters. The van der Waals surface area contributed by atoms with E-state index in [1.165, 1.54) is 11.6 Å². The lowest BCUT2D eigenvalue weighted by Gasteiger charge is -2.11. The third-order valence-corrected chi connectivity index (χ3v) is 3.76. The SMILES string of the molecule is Cc1cc(C)c(NC(=O)/C=C/c2csc(C)n2)c(C)c1. The molecule has 0 radical (unpaired) electrons. The maximum Gasteiger partial charge on any atom is 0.248 e. The van der Waals surface area contributed by atoms with Crippen LogP contribution < -0.4 is 5.32 Å². The van der Waals surface area contributed by atoms with Crippen LogP contribution in [0.2, 0.25) is 0 Å². The van der Waals surface area contributed by atoms with Gasteiger partial charge in [-0.1, -0.05) is 17.7 Å². The Bertz CT molecular complexity index is 648. The number of hydrogen-bond acceptors (Lipinski definition) is 3. The maximum atomic E-state index is 12.0. The Labute approximate surface area is 123 Å². The number of hydrogen-bond donors (Lipinski definition) is 1. The first kappa shape index (κ1) is 14.5. The summed E-state index contributed by atoms with van der Waals surface area (Å²) in [6, 6.07) is 4.13. The van der Waals surface area contributed by atoms with E-state index in [-0.39, 0.29) is 5.91 Å². The molecular formula is C16H18N2OS. The minimum Gasteiger partial charge on any atom is -0.322 e. The van der Waals surface area contributed by atoms with Gasteiger partial charge in [-0.2, -0.15) is 0 Å². The monoisotopic (exact) mass is 286 g/mol. The van der Waals surface area contributed by atoms with Crippen LogP contribution in [0.4, 0.5) is 5.69 Å². The molecule has 3 nitrogen and oxygen atoms in total. The van der Waals surface area contributed by atoms with Crippen molar-refractivity contribution in [1.82, 2.24) is 4.98 Å². The van der Waals surface area contributed by atoms with Crippen LogP contribution in [-0.2, 0) is 4.79 Å². The summed E-state index contributed by atoms with van der Waals surface area (Å²) in [7, 11) is 0. The fourth-order valence-corrected chi connectivity index (χ4v) is 2.74. The number of carbonyl (C=O) groups is 1. The van der Waals surface area contributed by atoms with E-state index in [2.05, 4.69) is 29.4 Å². The Morgan fingerprint density at radius 1 is 1.20 bits per heavy atom. The average Bonchev–Trinajstić information content (AvgIpc) is 2.77. The number of carbonyl (C=O) groups excluding carboxylic acids is 1. The van der Waals surface area contributed by atoms with Crippen LogP contribution in [0.25, 0.3) is 6.08 Å². The van der Waals surface area contributed by atoms with E-state index in [4.69, 9.17) is 0 Å². The largest absolute Gasteiger partial charge is 0.322 e. The lowest BCUT2D eigenvalue weighted by atomic mass is 10.1. The van der Waals surface area contributed by atoms with Gasteiger partial charge in [0.25, 0.3) is 0 Å². The van der Waals surface area contributed by atoms with Gasteiger partial charge in [-0.05, 0) is 44.9 Å². The maximum absolute atomic E-state index is 12.0. The molecule has 0 aliphatic carbocycles. The Hall–Kier alpha value is -1.94. The molecule has 0 aliphatic rings. The van der Waals surface area contributed by atoms with Gasteiger partial charge in [0.2, 0.25) is 5.91 Å². The van der Waals surface area contributed by atoms with Crippen molar-refractivity contribution in [3.63, 3.8) is 0 Å². The Kier molecular flexibility index (Phi) is 4.35. The summed E-state index contributed by atoms with van der Waals surface area (Å²) >= 11 is 1.57. The fourth-order valence-electron chi connectivity index (χ4n) is 2.16. The molecular weight excluding hydrogens is 268 g/mol. The van der Waals surface area contributed by atoms with Crippen LogP contribution in [0, 0.1) is 27.7 Å². The summed E-state index contributed by atoms with van der Waals surface area (Å²) in [5.74, 6) is -0.134. The molecule has 1 amide bonds. The lowest BCUT2D eigenvalue weighted by molar-refractivity contribution is -0.111. The zero-order valence-electron chi connectivity index (χ0n) is 12.2. The molecule has 20 heavy (non-hydrogen) atoms. The second-order valence-corrected chi connectivity index (χ2v) is 5.95. The number of thiazole rings is 1. The molecule has 1 heterocycles. The van der Waals surface area contributed by atoms with Crippen LogP contribution in [0.3, 0.4) is 0 Å². The van der Waals surface area contributed by atoms with Crippen molar-refractivity contribution in [2.75, 3.05) is 5.32 Å². The number of aryl methyl sites for hydroxylation is 4. The highest BCUT2D eigenvalue weighted by molar-refractivity contribution is 7.09. The van der Waals surface area contributed by atoms with E-state index in [1.54, 1.807) is 17.4 Å². The zero-order valence-corrected chi connectivity index (χ0v) is 13.0. The molecule has 1 aromatic carbocycles. The first-order valence-electron chi connectivity index (χ1n) is 6.45. The molecule has 1 N–H and O–H groups in total. The van der Waals surface area contributed by atoms with E-state index < -0.39 is 0 Å². The molecule has 0 fully saturated rings. The van der Waals surface area contributed by atoms with Gasteiger partial charge in [0.1, 0.15) is 0 Å². The minimum atomic E-state index is -0.134. The molecule has 0 saturated carbocycles. The van der Waals surface area contributed by atoms with Gasteiger partial charge < -0.3 is 5.32 Å². The molecule has 0 spiro atoms. The lowest BCUT2D eigenvalue weighted by Crippen LogP contribution is -2.10. The summed E-state index contributed by atoms with van der Waals surface area (Å²) in [6.07, 6.45) is 3.25. The number of anilines is 1. The Morgan fingerprint density at radius 2 is 1.85 bits per heavy atom. The van der Waals surface area contributed by atoms with Gasteiger partial charge in [-0.15, -0.1) is 11.3 Å². The molecule has 2 aromatic rings. The molecule has 104 valence electrons. The second kappa shape index (κ2) is 6.01. The zero-order chi connectivity index (χ0) is 14.7. The highest BCUT2D eigenvalue weighted by Crippen LogP contribution is 2.21. The van der Waals surface area contributed by atoms with E-state index in [9.17, 15) is 4.79 Å². The van der Waals surface area contributed by atoms with Crippen LogP contribution in [0.5, 0.6) is 0 Å². The topological polar surface area (TPSA) is 42.0 Å². The summed E-state index contributed by atoms with van der Waals surface area (Å²) in [5.41, 5.74) is 5.06. The minimum absolute atomic E-state index is 0.134. The molecule has 0 saturated heterocycles. The van der Waals surface area contributed by atoms with E-state index in [0.717, 1.165) is 27.5 Å². The number of nitrogens with zero attached hydrogens (tertiary/aromatic N) is 1. The summed E-state index contributed by atoms with van der Waals surface area (Å²) < 4.78 is 0. The normalized spacial score (nSPS) is 11.0. The van der Waals surface area contributed by atoms with Crippen LogP contribution in [0.1, 0.15) is 27.4 Å². The van der Waals surface area contributed by atoms with Crippen molar-refractivity contribution >= 4 is 29.0 Å². The van der Waals surface area contributed by atoms with Gasteiger partial charge in [0.05, 0.1) is 10.7 Å². The van der Waals surface area contributed by atoms with Crippen molar-refractivity contribution in [1.29, 1.82) is 0 Å². The number of nitrogens with one attached hydrogen (secondary N) is 1. The smallest absolute Gasteiger partial charge is 0.248 e. The van der Waals surface area contributed by atoms with Crippen molar-refractivity contribution in [3.8, 4) is 0 Å². The van der Waals surface area contributed by atoms with Gasteiger partial charge in [0.15, 0.2) is 0 Å². The highest BCUT2D eigenvalue weighted by Gasteiger charge is 2.06. The van der Waals surface area contributed by atoms with Crippen LogP contribution in [0.15, 0.2) is 23.6 Å². The fraction of sp³-hybridized carbons (Fsp3) is 0.250. The Balaban J connectivity index is 2.10. The summed E-state index contributed by atoms with van der Waals surface area (Å²) in [6.45, 7) is 8.00. The van der Waals surface area contributed by atoms with Crippen molar-refractivity contribution in [2.24, 2.45) is 0 Å². The number of benzene rings is 1. The van der Waals surface area contributed by atoms with Gasteiger partial charge >= 0.3 is 0 Å². The third-order valence-electron chi connectivity index (χ3n) is 2.97. The van der Waals surface area contributed by atoms with E-state index >= 15 is 0 Å². The molecule has 1 aromatic heterocycles. The van der Waals surface area contributed by atoms with Crippen molar-refractivity contribution < 1.29 is 4.79 Å². The predicted molar refractivity (Wildman–Crippen MR) is 85.2 cm³/mol. The van der Waals surface area contributed by atoms with Gasteiger partial charge in [-0.25, -0.2) is 4.98 Å². The second-order valence-electron chi connectivity index (χ2n) is 4.89. The summed E-state index contributed by atoms with van der Waals surface area (Å²) in [4.78, 5) is 16.2. The third kappa shape index (κ3) is 3.54. The quantitative estimate of drug-likeness (QED) is 0.866. The molecule has 2 rings (SSSR count). The standard InChI is InChI=1S/C16H18N2OS/c1-10-7-11(2)16(12(3)8-10)18-15(19)6-5-14-9-20-13(4)17-14/h5-9H,1-4H3,(H,18,19)/b6-5+. The molecule has 0 bridgehead atoms. The van der Waals surface area contributed by atoms with Crippen LogP contribution >= 0.6 is 11.3 Å². The average molecular weight is 286 g/mol.